The summed E-state index contributed by atoms with van der Waals surface area (Å²) >= 11 is 0. The lowest BCUT2D eigenvalue weighted by Crippen LogP contribution is -2.26. The Kier molecular flexibility index (Phi) is 6.74. The first-order valence-electron chi connectivity index (χ1n) is 11.7. The number of aryl methyl sites for hydroxylation is 1. The third-order valence-corrected chi connectivity index (χ3v) is 7.39. The minimum Gasteiger partial charge on any atom is -0.493 e. The van der Waals surface area contributed by atoms with E-state index in [-0.39, 0.29) is 0 Å². The van der Waals surface area contributed by atoms with E-state index in [9.17, 15) is 0 Å². The third kappa shape index (κ3) is 4.94. The first-order valence-corrected chi connectivity index (χ1v) is 11.7. The molecule has 1 saturated carbocycles. The van der Waals surface area contributed by atoms with Crippen LogP contribution in [0.2, 0.25) is 0 Å². The second kappa shape index (κ2) is 9.65. The van der Waals surface area contributed by atoms with Gasteiger partial charge in [-0.1, -0.05) is 62.6 Å². The molecule has 0 amide bonds. The van der Waals surface area contributed by atoms with E-state index in [2.05, 4.69) is 56.0 Å². The van der Waals surface area contributed by atoms with Gasteiger partial charge in [-0.25, -0.2) is 0 Å². The van der Waals surface area contributed by atoms with Gasteiger partial charge in [0.2, 0.25) is 0 Å². The number of fused-ring (bicyclic) bond motifs is 1. The maximum absolute atomic E-state index is 5.74. The number of rotatable bonds is 7. The molecule has 0 saturated heterocycles. The van der Waals surface area contributed by atoms with Crippen LogP contribution in [0.15, 0.2) is 55.1 Å². The second-order valence-corrected chi connectivity index (χ2v) is 9.13. The van der Waals surface area contributed by atoms with Crippen LogP contribution < -0.4 is 4.74 Å². The van der Waals surface area contributed by atoms with Gasteiger partial charge in [-0.05, 0) is 90.7 Å². The van der Waals surface area contributed by atoms with Crippen LogP contribution in [0.4, 0.5) is 0 Å². The fraction of sp³-hybridized carbons (Fsp3) is 0.500. The van der Waals surface area contributed by atoms with E-state index in [4.69, 9.17) is 4.74 Å². The maximum Gasteiger partial charge on any atom is 0.119 e. The molecule has 29 heavy (non-hydrogen) atoms. The summed E-state index contributed by atoms with van der Waals surface area (Å²) in [5.41, 5.74) is 5.80. The molecule has 0 heterocycles. The molecule has 1 atom stereocenters. The van der Waals surface area contributed by atoms with Crippen molar-refractivity contribution in [3.8, 4) is 16.9 Å². The molecule has 1 heteroatoms. The van der Waals surface area contributed by atoms with Gasteiger partial charge in [0.25, 0.3) is 0 Å². The molecule has 2 aromatic rings. The highest BCUT2D eigenvalue weighted by molar-refractivity contribution is 5.66. The summed E-state index contributed by atoms with van der Waals surface area (Å²) < 4.78 is 5.74. The van der Waals surface area contributed by atoms with Gasteiger partial charge in [-0.15, -0.1) is 6.58 Å². The van der Waals surface area contributed by atoms with Crippen molar-refractivity contribution < 1.29 is 4.74 Å². The van der Waals surface area contributed by atoms with Gasteiger partial charge in [0.1, 0.15) is 5.75 Å². The van der Waals surface area contributed by atoms with Crippen molar-refractivity contribution >= 4 is 0 Å². The van der Waals surface area contributed by atoms with E-state index in [0.29, 0.717) is 6.61 Å². The summed E-state index contributed by atoms with van der Waals surface area (Å²) in [6.45, 7) is 6.80. The SMILES string of the molecule is C=CCCOc1ccc(-c2ccc3c(c2)CCC(C2CCC(CC)CC2)C3)cc1. The lowest BCUT2D eigenvalue weighted by atomic mass is 9.69. The molecule has 0 radical (unpaired) electrons. The van der Waals surface area contributed by atoms with Gasteiger partial charge in [0.15, 0.2) is 0 Å². The Balaban J connectivity index is 1.39. The standard InChI is InChI=1S/C28H36O/c1-3-5-18-29-28-16-14-23(15-17-28)25-11-13-26-19-24(10-12-27(26)20-25)22-8-6-21(4-2)7-9-22/h3,11,13-17,20-22,24H,1,4-10,12,18-19H2,2H3. The molecule has 1 fully saturated rings. The van der Waals surface area contributed by atoms with Crippen molar-refractivity contribution in [2.24, 2.45) is 17.8 Å². The van der Waals surface area contributed by atoms with Crippen molar-refractivity contribution in [1.82, 2.24) is 0 Å². The first-order chi connectivity index (χ1) is 14.3. The molecule has 2 aliphatic carbocycles. The van der Waals surface area contributed by atoms with Crippen LogP contribution >= 0.6 is 0 Å². The van der Waals surface area contributed by atoms with E-state index in [1.807, 2.05) is 6.08 Å². The molecule has 2 aromatic carbocycles. The molecule has 2 aliphatic rings. The smallest absolute Gasteiger partial charge is 0.119 e. The normalized spacial score (nSPS) is 24.0. The highest BCUT2D eigenvalue weighted by atomic mass is 16.5. The molecule has 1 nitrogen and oxygen atoms in total. The molecule has 1 unspecified atom stereocenters. The summed E-state index contributed by atoms with van der Waals surface area (Å²) in [5, 5.41) is 0. The third-order valence-electron chi connectivity index (χ3n) is 7.39. The highest BCUT2D eigenvalue weighted by Gasteiger charge is 2.29. The largest absolute Gasteiger partial charge is 0.493 e. The predicted molar refractivity (Wildman–Crippen MR) is 123 cm³/mol. The van der Waals surface area contributed by atoms with Crippen molar-refractivity contribution in [3.05, 3.63) is 66.2 Å². The topological polar surface area (TPSA) is 9.23 Å². The Morgan fingerprint density at radius 3 is 2.38 bits per heavy atom. The van der Waals surface area contributed by atoms with Gasteiger partial charge in [0.05, 0.1) is 6.61 Å². The molecule has 154 valence electrons. The molecule has 0 N–H and O–H groups in total. The van der Waals surface area contributed by atoms with Crippen LogP contribution in [0, 0.1) is 17.8 Å². The average molecular weight is 389 g/mol. The summed E-state index contributed by atoms with van der Waals surface area (Å²) in [6, 6.07) is 15.7. The van der Waals surface area contributed by atoms with Gasteiger partial charge < -0.3 is 4.74 Å². The van der Waals surface area contributed by atoms with Gasteiger partial charge in [-0.2, -0.15) is 0 Å². The zero-order valence-corrected chi connectivity index (χ0v) is 18.0. The molecule has 0 aliphatic heterocycles. The van der Waals surface area contributed by atoms with E-state index in [1.165, 1.54) is 62.5 Å². The Morgan fingerprint density at radius 2 is 1.66 bits per heavy atom. The summed E-state index contributed by atoms with van der Waals surface area (Å²) in [5.74, 6) is 3.83. The fourth-order valence-corrected chi connectivity index (χ4v) is 5.44. The van der Waals surface area contributed by atoms with Crippen LogP contribution in [0.5, 0.6) is 5.75 Å². The average Bonchev–Trinajstić information content (AvgIpc) is 2.79. The van der Waals surface area contributed by atoms with Crippen LogP contribution in [0.1, 0.15) is 63.0 Å². The number of ether oxygens (including phenoxy) is 1. The Hall–Kier alpha value is -2.02. The van der Waals surface area contributed by atoms with Crippen molar-refractivity contribution in [2.45, 2.75) is 64.7 Å². The minimum absolute atomic E-state index is 0.697. The molecular weight excluding hydrogens is 352 g/mol. The zero-order valence-electron chi connectivity index (χ0n) is 18.0. The molecule has 0 aromatic heterocycles. The lowest BCUT2D eigenvalue weighted by molar-refractivity contribution is 0.187. The Bertz CT molecular complexity index is 796. The highest BCUT2D eigenvalue weighted by Crippen LogP contribution is 2.41. The van der Waals surface area contributed by atoms with Crippen molar-refractivity contribution in [3.63, 3.8) is 0 Å². The Morgan fingerprint density at radius 1 is 0.897 bits per heavy atom. The van der Waals surface area contributed by atoms with Crippen LogP contribution in [-0.4, -0.2) is 6.61 Å². The van der Waals surface area contributed by atoms with Crippen molar-refractivity contribution in [1.29, 1.82) is 0 Å². The molecule has 0 spiro atoms. The minimum atomic E-state index is 0.697. The number of benzene rings is 2. The summed E-state index contributed by atoms with van der Waals surface area (Å²) in [7, 11) is 0. The maximum atomic E-state index is 5.74. The lowest BCUT2D eigenvalue weighted by Gasteiger charge is -2.36. The summed E-state index contributed by atoms with van der Waals surface area (Å²) in [6.07, 6.45) is 14.0. The Labute approximate surface area is 177 Å². The van der Waals surface area contributed by atoms with E-state index < -0.39 is 0 Å². The second-order valence-electron chi connectivity index (χ2n) is 9.13. The molecule has 0 bridgehead atoms. The van der Waals surface area contributed by atoms with E-state index in [1.54, 1.807) is 11.1 Å². The number of hydrogen-bond acceptors (Lipinski definition) is 1. The summed E-state index contributed by atoms with van der Waals surface area (Å²) in [4.78, 5) is 0. The van der Waals surface area contributed by atoms with Gasteiger partial charge in [0, 0.05) is 0 Å². The van der Waals surface area contributed by atoms with E-state index >= 15 is 0 Å². The first kappa shape index (κ1) is 20.3. The zero-order chi connectivity index (χ0) is 20.1. The van der Waals surface area contributed by atoms with Gasteiger partial charge in [-0.3, -0.25) is 0 Å². The van der Waals surface area contributed by atoms with Crippen LogP contribution in [0.25, 0.3) is 11.1 Å². The fourth-order valence-electron chi connectivity index (χ4n) is 5.44. The van der Waals surface area contributed by atoms with E-state index in [0.717, 1.165) is 29.9 Å². The predicted octanol–water partition coefficient (Wildman–Crippen LogP) is 7.63. The van der Waals surface area contributed by atoms with Crippen LogP contribution in [0.3, 0.4) is 0 Å². The monoisotopic (exact) mass is 388 g/mol. The van der Waals surface area contributed by atoms with Crippen molar-refractivity contribution in [2.75, 3.05) is 6.61 Å². The number of hydrogen-bond donors (Lipinski definition) is 0. The van der Waals surface area contributed by atoms with Gasteiger partial charge >= 0.3 is 0 Å². The van der Waals surface area contributed by atoms with Crippen LogP contribution in [-0.2, 0) is 12.8 Å². The molecule has 4 rings (SSSR count). The molecular formula is C28H36O. The quantitative estimate of drug-likeness (QED) is 0.350.